The number of likely N-dealkylation sites (tertiary alicyclic amines) is 1. The fraction of sp³-hybridized carbons (Fsp3) is 0.321. The molecule has 2 bridgehead atoms. The topological polar surface area (TPSA) is 92.7 Å². The summed E-state index contributed by atoms with van der Waals surface area (Å²) in [6.07, 6.45) is 1.33. The number of nitrogens with one attached hydrogen (secondary N) is 2. The summed E-state index contributed by atoms with van der Waals surface area (Å²) in [5.74, 6) is 0.730. The van der Waals surface area contributed by atoms with Crippen molar-refractivity contribution < 1.29 is 14.3 Å². The molecule has 1 aromatic heterocycles. The smallest absolute Gasteiger partial charge is 0.318 e. The van der Waals surface area contributed by atoms with Crippen molar-refractivity contribution in [3.8, 4) is 5.75 Å². The predicted octanol–water partition coefficient (Wildman–Crippen LogP) is 3.24. The minimum absolute atomic E-state index is 0.0122. The summed E-state index contributed by atoms with van der Waals surface area (Å²) in [6, 6.07) is 21.1. The molecule has 0 spiro atoms. The molecule has 8 nitrogen and oxygen atoms in total. The lowest BCUT2D eigenvalue weighted by molar-refractivity contribution is -0.118. The third kappa shape index (κ3) is 5.12. The van der Waals surface area contributed by atoms with Gasteiger partial charge in [-0.2, -0.15) is 0 Å². The fourth-order valence-corrected chi connectivity index (χ4v) is 5.27. The van der Waals surface area contributed by atoms with E-state index >= 15 is 0 Å². The van der Waals surface area contributed by atoms with Crippen LogP contribution in [0.1, 0.15) is 23.6 Å². The van der Waals surface area contributed by atoms with Crippen LogP contribution < -0.4 is 20.9 Å². The van der Waals surface area contributed by atoms with Crippen molar-refractivity contribution in [3.05, 3.63) is 94.4 Å². The molecule has 1 saturated heterocycles. The van der Waals surface area contributed by atoms with Gasteiger partial charge in [-0.3, -0.25) is 9.59 Å². The molecule has 0 radical (unpaired) electrons. The Kier molecular flexibility index (Phi) is 6.75. The third-order valence-electron chi connectivity index (χ3n) is 7.02. The molecule has 3 heterocycles. The van der Waals surface area contributed by atoms with E-state index in [1.165, 1.54) is 0 Å². The van der Waals surface area contributed by atoms with Crippen molar-refractivity contribution in [1.82, 2.24) is 14.8 Å². The third-order valence-corrected chi connectivity index (χ3v) is 7.02. The minimum Gasteiger partial charge on any atom is -0.497 e. The van der Waals surface area contributed by atoms with E-state index < -0.39 is 6.04 Å². The van der Waals surface area contributed by atoms with Crippen LogP contribution >= 0.6 is 0 Å². The number of piperidine rings is 1. The Morgan fingerprint density at radius 1 is 0.972 bits per heavy atom. The zero-order chi connectivity index (χ0) is 25.1. The molecule has 2 aliphatic rings. The molecule has 2 aliphatic heterocycles. The molecule has 3 aromatic rings. The Morgan fingerprint density at radius 3 is 2.50 bits per heavy atom. The van der Waals surface area contributed by atoms with Crippen LogP contribution in [0.5, 0.6) is 5.75 Å². The number of rotatable bonds is 6. The van der Waals surface area contributed by atoms with Gasteiger partial charge in [-0.1, -0.05) is 36.4 Å². The van der Waals surface area contributed by atoms with Crippen LogP contribution in [0.25, 0.3) is 0 Å². The summed E-state index contributed by atoms with van der Waals surface area (Å²) in [6.45, 7) is 1.69. The highest BCUT2D eigenvalue weighted by atomic mass is 16.5. The monoisotopic (exact) mass is 486 g/mol. The normalized spacial score (nSPS) is 19.1. The lowest BCUT2D eigenvalue weighted by Gasteiger charge is -2.43. The zero-order valence-electron chi connectivity index (χ0n) is 20.2. The fourth-order valence-electron chi connectivity index (χ4n) is 5.27. The molecule has 36 heavy (non-hydrogen) atoms. The number of urea groups is 1. The molecule has 8 heteroatoms. The largest absolute Gasteiger partial charge is 0.497 e. The number of aromatic nitrogens is 1. The molecule has 3 amide bonds. The first-order chi connectivity index (χ1) is 17.5. The Bertz CT molecular complexity index is 1290. The van der Waals surface area contributed by atoms with Crippen LogP contribution in [0.15, 0.2) is 77.6 Å². The van der Waals surface area contributed by atoms with E-state index in [0.717, 1.165) is 17.7 Å². The number of fused-ring (bicyclic) bond motifs is 4. The number of carbonyl (C=O) groups is 2. The lowest BCUT2D eigenvalue weighted by atomic mass is 9.83. The quantitative estimate of drug-likeness (QED) is 0.560. The van der Waals surface area contributed by atoms with Gasteiger partial charge in [0.2, 0.25) is 5.91 Å². The second-order valence-electron chi connectivity index (χ2n) is 9.51. The van der Waals surface area contributed by atoms with E-state index in [1.54, 1.807) is 48.4 Å². The van der Waals surface area contributed by atoms with Crippen molar-refractivity contribution in [2.24, 2.45) is 5.92 Å². The van der Waals surface area contributed by atoms with Crippen LogP contribution in [-0.4, -0.2) is 47.6 Å². The maximum absolute atomic E-state index is 13.4. The SMILES string of the molecule is COc1ccc(NC(=O)C(Cc2ccccc2)NC(=O)N2CC3CC(C2)c2cccc(=O)n2C3)cc1. The Labute approximate surface area is 209 Å². The summed E-state index contributed by atoms with van der Waals surface area (Å²) in [4.78, 5) is 40.8. The van der Waals surface area contributed by atoms with Gasteiger partial charge in [0, 0.05) is 49.4 Å². The number of benzene rings is 2. The van der Waals surface area contributed by atoms with Gasteiger partial charge in [0.05, 0.1) is 7.11 Å². The molecular formula is C28H30N4O4. The highest BCUT2D eigenvalue weighted by molar-refractivity contribution is 5.97. The number of pyridine rings is 1. The van der Waals surface area contributed by atoms with Gasteiger partial charge in [-0.15, -0.1) is 0 Å². The Hall–Kier alpha value is -4.07. The molecule has 3 unspecified atom stereocenters. The number of hydrogen-bond acceptors (Lipinski definition) is 4. The molecule has 186 valence electrons. The van der Waals surface area contributed by atoms with Gasteiger partial charge in [-0.05, 0) is 48.2 Å². The van der Waals surface area contributed by atoms with Crippen molar-refractivity contribution in [3.63, 3.8) is 0 Å². The lowest BCUT2D eigenvalue weighted by Crippen LogP contribution is -2.55. The second kappa shape index (κ2) is 10.3. The maximum atomic E-state index is 13.4. The van der Waals surface area contributed by atoms with E-state index in [4.69, 9.17) is 4.74 Å². The first-order valence-corrected chi connectivity index (χ1v) is 12.2. The zero-order valence-corrected chi connectivity index (χ0v) is 20.2. The van der Waals surface area contributed by atoms with Gasteiger partial charge < -0.3 is 24.8 Å². The molecular weight excluding hydrogens is 456 g/mol. The van der Waals surface area contributed by atoms with Crippen molar-refractivity contribution >= 4 is 17.6 Å². The van der Waals surface area contributed by atoms with Gasteiger partial charge in [0.15, 0.2) is 0 Å². The van der Waals surface area contributed by atoms with Crippen molar-refractivity contribution in [2.75, 3.05) is 25.5 Å². The number of amides is 3. The number of methoxy groups -OCH3 is 1. The van der Waals surface area contributed by atoms with Crippen molar-refractivity contribution in [2.45, 2.75) is 31.3 Å². The average Bonchev–Trinajstić information content (AvgIpc) is 2.90. The summed E-state index contributed by atoms with van der Waals surface area (Å²) in [5, 5.41) is 5.90. The van der Waals surface area contributed by atoms with E-state index in [1.807, 2.05) is 41.0 Å². The molecule has 2 N–H and O–H groups in total. The van der Waals surface area contributed by atoms with E-state index in [-0.39, 0.29) is 29.3 Å². The first-order valence-electron chi connectivity index (χ1n) is 12.2. The first kappa shape index (κ1) is 23.7. The van der Waals surface area contributed by atoms with E-state index in [2.05, 4.69) is 10.6 Å². The molecule has 0 aliphatic carbocycles. The molecule has 5 rings (SSSR count). The number of nitrogens with zero attached hydrogens (tertiary/aromatic N) is 2. The van der Waals surface area contributed by atoms with Crippen LogP contribution in [0, 0.1) is 5.92 Å². The van der Waals surface area contributed by atoms with Crippen LogP contribution in [0.4, 0.5) is 10.5 Å². The molecule has 2 aromatic carbocycles. The summed E-state index contributed by atoms with van der Waals surface area (Å²) >= 11 is 0. The minimum atomic E-state index is -0.751. The summed E-state index contributed by atoms with van der Waals surface area (Å²) < 4.78 is 7.03. The number of carbonyl (C=O) groups excluding carboxylic acids is 2. The molecule has 1 fully saturated rings. The van der Waals surface area contributed by atoms with Crippen LogP contribution in [-0.2, 0) is 17.8 Å². The Balaban J connectivity index is 1.31. The van der Waals surface area contributed by atoms with Gasteiger partial charge >= 0.3 is 6.03 Å². The van der Waals surface area contributed by atoms with Gasteiger partial charge in [-0.25, -0.2) is 4.79 Å². The number of hydrogen-bond donors (Lipinski definition) is 2. The van der Waals surface area contributed by atoms with E-state index in [9.17, 15) is 14.4 Å². The van der Waals surface area contributed by atoms with E-state index in [0.29, 0.717) is 37.5 Å². The number of anilines is 1. The molecule has 3 atom stereocenters. The predicted molar refractivity (Wildman–Crippen MR) is 137 cm³/mol. The van der Waals surface area contributed by atoms with Gasteiger partial charge in [0.25, 0.3) is 5.56 Å². The standard InChI is InChI=1S/C28H30N4O4/c1-36-23-12-10-22(11-13-23)29-27(34)24(15-19-6-3-2-4-7-19)30-28(35)31-16-20-14-21(18-31)25-8-5-9-26(33)32(25)17-20/h2-13,20-21,24H,14-18H2,1H3,(H,29,34)(H,30,35). The highest BCUT2D eigenvalue weighted by Gasteiger charge is 2.37. The van der Waals surface area contributed by atoms with Gasteiger partial charge in [0.1, 0.15) is 11.8 Å². The van der Waals surface area contributed by atoms with Crippen LogP contribution in [0.3, 0.4) is 0 Å². The summed E-state index contributed by atoms with van der Waals surface area (Å²) in [5.41, 5.74) is 2.58. The summed E-state index contributed by atoms with van der Waals surface area (Å²) in [7, 11) is 1.59. The molecule has 0 saturated carbocycles. The average molecular weight is 487 g/mol. The van der Waals surface area contributed by atoms with Crippen LogP contribution in [0.2, 0.25) is 0 Å². The van der Waals surface area contributed by atoms with Crippen molar-refractivity contribution in [1.29, 1.82) is 0 Å². The second-order valence-corrected chi connectivity index (χ2v) is 9.51. The highest BCUT2D eigenvalue weighted by Crippen LogP contribution is 2.35. The maximum Gasteiger partial charge on any atom is 0.318 e. The number of ether oxygens (including phenoxy) is 1. The Morgan fingerprint density at radius 2 is 1.75 bits per heavy atom.